The average molecular weight is 237 g/mol. The van der Waals surface area contributed by atoms with E-state index in [0.29, 0.717) is 6.54 Å². The second kappa shape index (κ2) is 7.30. The fourth-order valence-corrected chi connectivity index (χ4v) is 2.02. The molecule has 1 atom stereocenters. The maximum atomic E-state index is 9.78. The van der Waals surface area contributed by atoms with Crippen LogP contribution < -0.4 is 10.5 Å². The second-order valence-corrected chi connectivity index (χ2v) is 4.39. The highest BCUT2D eigenvalue weighted by atomic mass is 16.5. The van der Waals surface area contributed by atoms with Crippen LogP contribution in [0.1, 0.15) is 30.4 Å². The van der Waals surface area contributed by atoms with Crippen molar-refractivity contribution in [3.8, 4) is 5.75 Å². The predicted molar refractivity (Wildman–Crippen MR) is 70.3 cm³/mol. The molecule has 3 N–H and O–H groups in total. The topological polar surface area (TPSA) is 55.5 Å². The fourth-order valence-electron chi connectivity index (χ4n) is 2.02. The van der Waals surface area contributed by atoms with E-state index in [1.165, 1.54) is 5.56 Å². The van der Waals surface area contributed by atoms with Crippen molar-refractivity contribution in [3.05, 3.63) is 29.3 Å². The summed E-state index contributed by atoms with van der Waals surface area (Å²) in [6.45, 7) is 2.68. The first-order valence-electron chi connectivity index (χ1n) is 6.19. The number of aliphatic hydroxyl groups excluding tert-OH is 1. The van der Waals surface area contributed by atoms with E-state index in [1.807, 2.05) is 19.1 Å². The zero-order valence-corrected chi connectivity index (χ0v) is 10.8. The lowest BCUT2D eigenvalue weighted by Gasteiger charge is -2.13. The molecule has 17 heavy (non-hydrogen) atoms. The highest BCUT2D eigenvalue weighted by molar-refractivity contribution is 5.40. The van der Waals surface area contributed by atoms with Crippen LogP contribution in [0.2, 0.25) is 0 Å². The van der Waals surface area contributed by atoms with E-state index in [9.17, 15) is 5.11 Å². The van der Waals surface area contributed by atoms with Gasteiger partial charge in [-0.25, -0.2) is 0 Å². The maximum absolute atomic E-state index is 9.78. The molecule has 0 heterocycles. The molecule has 0 amide bonds. The number of rotatable bonds is 7. The summed E-state index contributed by atoms with van der Waals surface area (Å²) >= 11 is 0. The van der Waals surface area contributed by atoms with Gasteiger partial charge in [-0.05, 0) is 50.3 Å². The van der Waals surface area contributed by atoms with Gasteiger partial charge in [0.1, 0.15) is 5.75 Å². The molecule has 1 aromatic carbocycles. The summed E-state index contributed by atoms with van der Waals surface area (Å²) in [5.41, 5.74) is 7.72. The van der Waals surface area contributed by atoms with Crippen molar-refractivity contribution in [1.82, 2.24) is 0 Å². The molecule has 0 spiro atoms. The Hall–Kier alpha value is -1.06. The molecular formula is C14H23NO2. The Labute approximate surface area is 104 Å². The predicted octanol–water partition coefficient (Wildman–Crippen LogP) is 2.04. The first-order chi connectivity index (χ1) is 8.19. The lowest BCUT2D eigenvalue weighted by Crippen LogP contribution is -2.11. The van der Waals surface area contributed by atoms with Gasteiger partial charge in [0.15, 0.2) is 0 Å². The summed E-state index contributed by atoms with van der Waals surface area (Å²) in [6, 6.07) is 6.12. The van der Waals surface area contributed by atoms with E-state index in [0.717, 1.165) is 37.0 Å². The average Bonchev–Trinajstić information content (AvgIpc) is 2.33. The molecule has 1 rings (SSSR count). The molecule has 3 heteroatoms. The van der Waals surface area contributed by atoms with Crippen LogP contribution in [0.15, 0.2) is 18.2 Å². The van der Waals surface area contributed by atoms with Gasteiger partial charge in [0, 0.05) is 0 Å². The minimum Gasteiger partial charge on any atom is -0.496 e. The molecule has 0 aliphatic carbocycles. The molecule has 3 nitrogen and oxygen atoms in total. The molecule has 0 saturated carbocycles. The Morgan fingerprint density at radius 2 is 2.12 bits per heavy atom. The third kappa shape index (κ3) is 4.36. The lowest BCUT2D eigenvalue weighted by atomic mass is 10.0. The van der Waals surface area contributed by atoms with E-state index >= 15 is 0 Å². The third-order valence-electron chi connectivity index (χ3n) is 2.99. The standard InChI is InChI=1S/C14H23NO2/c1-11-5-3-6-12(14(11)17-2)8-9-13(16)7-4-10-15/h3,5-6,13,16H,4,7-10,15H2,1-2H3. The molecular weight excluding hydrogens is 214 g/mol. The Balaban J connectivity index is 2.54. The zero-order valence-electron chi connectivity index (χ0n) is 10.8. The molecule has 0 aromatic heterocycles. The van der Waals surface area contributed by atoms with Gasteiger partial charge in [0.2, 0.25) is 0 Å². The number of para-hydroxylation sites is 1. The summed E-state index contributed by atoms with van der Waals surface area (Å²) in [6.07, 6.45) is 3.01. The summed E-state index contributed by atoms with van der Waals surface area (Å²) in [7, 11) is 1.69. The van der Waals surface area contributed by atoms with Crippen LogP contribution in [0, 0.1) is 6.92 Å². The Kier molecular flexibility index (Phi) is 6.01. The molecule has 0 bridgehead atoms. The van der Waals surface area contributed by atoms with Crippen LogP contribution in [0.3, 0.4) is 0 Å². The number of aryl methyl sites for hydroxylation is 2. The van der Waals surface area contributed by atoms with Gasteiger partial charge in [-0.1, -0.05) is 18.2 Å². The van der Waals surface area contributed by atoms with Gasteiger partial charge in [0.05, 0.1) is 13.2 Å². The fraction of sp³-hybridized carbons (Fsp3) is 0.571. The molecule has 0 fully saturated rings. The minimum absolute atomic E-state index is 0.260. The van der Waals surface area contributed by atoms with Gasteiger partial charge in [-0.15, -0.1) is 0 Å². The Morgan fingerprint density at radius 1 is 1.35 bits per heavy atom. The van der Waals surface area contributed by atoms with Gasteiger partial charge in [0.25, 0.3) is 0 Å². The van der Waals surface area contributed by atoms with E-state index in [2.05, 4.69) is 6.07 Å². The molecule has 0 saturated heterocycles. The smallest absolute Gasteiger partial charge is 0.124 e. The monoisotopic (exact) mass is 237 g/mol. The van der Waals surface area contributed by atoms with Crippen molar-refractivity contribution in [2.75, 3.05) is 13.7 Å². The number of benzene rings is 1. The molecule has 0 radical (unpaired) electrons. The molecule has 1 unspecified atom stereocenters. The van der Waals surface area contributed by atoms with Gasteiger partial charge in [-0.2, -0.15) is 0 Å². The van der Waals surface area contributed by atoms with Crippen LogP contribution in [-0.4, -0.2) is 24.9 Å². The van der Waals surface area contributed by atoms with Crippen molar-refractivity contribution >= 4 is 0 Å². The van der Waals surface area contributed by atoms with Gasteiger partial charge < -0.3 is 15.6 Å². The van der Waals surface area contributed by atoms with E-state index in [4.69, 9.17) is 10.5 Å². The molecule has 0 aliphatic rings. The van der Waals surface area contributed by atoms with Crippen LogP contribution in [0.4, 0.5) is 0 Å². The minimum atomic E-state index is -0.260. The Bertz CT molecular complexity index is 339. The number of nitrogens with two attached hydrogens (primary N) is 1. The molecule has 0 aliphatic heterocycles. The summed E-state index contributed by atoms with van der Waals surface area (Å²) in [5.74, 6) is 0.943. The van der Waals surface area contributed by atoms with Gasteiger partial charge in [-0.3, -0.25) is 0 Å². The van der Waals surface area contributed by atoms with Crippen molar-refractivity contribution in [2.45, 2.75) is 38.7 Å². The van der Waals surface area contributed by atoms with E-state index in [1.54, 1.807) is 7.11 Å². The van der Waals surface area contributed by atoms with E-state index < -0.39 is 0 Å². The summed E-state index contributed by atoms with van der Waals surface area (Å²) in [5, 5.41) is 9.78. The second-order valence-electron chi connectivity index (χ2n) is 4.39. The SMILES string of the molecule is COc1c(C)cccc1CCC(O)CCCN. The highest BCUT2D eigenvalue weighted by Crippen LogP contribution is 2.24. The number of hydrogen-bond acceptors (Lipinski definition) is 3. The normalized spacial score (nSPS) is 12.5. The number of ether oxygens (including phenoxy) is 1. The maximum Gasteiger partial charge on any atom is 0.124 e. The zero-order chi connectivity index (χ0) is 12.7. The first kappa shape index (κ1) is 14.0. The third-order valence-corrected chi connectivity index (χ3v) is 2.99. The summed E-state index contributed by atoms with van der Waals surface area (Å²) in [4.78, 5) is 0. The number of aliphatic hydroxyl groups is 1. The quantitative estimate of drug-likeness (QED) is 0.763. The highest BCUT2D eigenvalue weighted by Gasteiger charge is 2.09. The van der Waals surface area contributed by atoms with Gasteiger partial charge >= 0.3 is 0 Å². The van der Waals surface area contributed by atoms with Crippen LogP contribution in [-0.2, 0) is 6.42 Å². The van der Waals surface area contributed by atoms with Crippen LogP contribution >= 0.6 is 0 Å². The van der Waals surface area contributed by atoms with Crippen molar-refractivity contribution in [1.29, 1.82) is 0 Å². The molecule has 96 valence electrons. The summed E-state index contributed by atoms with van der Waals surface area (Å²) < 4.78 is 5.39. The number of methoxy groups -OCH3 is 1. The number of hydrogen-bond donors (Lipinski definition) is 2. The van der Waals surface area contributed by atoms with Crippen molar-refractivity contribution in [3.63, 3.8) is 0 Å². The lowest BCUT2D eigenvalue weighted by molar-refractivity contribution is 0.153. The van der Waals surface area contributed by atoms with Crippen LogP contribution in [0.5, 0.6) is 5.75 Å². The van der Waals surface area contributed by atoms with E-state index in [-0.39, 0.29) is 6.10 Å². The Morgan fingerprint density at radius 3 is 2.76 bits per heavy atom. The first-order valence-corrected chi connectivity index (χ1v) is 6.19. The van der Waals surface area contributed by atoms with Crippen molar-refractivity contribution in [2.24, 2.45) is 5.73 Å². The largest absolute Gasteiger partial charge is 0.496 e. The van der Waals surface area contributed by atoms with Crippen LogP contribution in [0.25, 0.3) is 0 Å². The van der Waals surface area contributed by atoms with Crippen molar-refractivity contribution < 1.29 is 9.84 Å². The molecule has 1 aromatic rings.